The van der Waals surface area contributed by atoms with E-state index in [1.165, 1.54) is 0 Å². The standard InChI is InChI=1S/C22H20N8OS/c1-31-16-4-2-15(3-5-16)17-12-32-22-20(17)21(23-13-24-22)29-10-8-28(9-11-29)19-7-6-18-26-25-14-30(18)27-19/h2-7,12-14H,8-11H2,1H3. The van der Waals surface area contributed by atoms with Gasteiger partial charge in [0.1, 0.15) is 34.9 Å². The van der Waals surface area contributed by atoms with E-state index in [1.54, 1.807) is 35.6 Å². The van der Waals surface area contributed by atoms with Gasteiger partial charge in [-0.25, -0.2) is 9.97 Å². The lowest BCUT2D eigenvalue weighted by molar-refractivity contribution is 0.415. The Morgan fingerprint density at radius 1 is 0.938 bits per heavy atom. The van der Waals surface area contributed by atoms with Gasteiger partial charge in [-0.05, 0) is 29.8 Å². The van der Waals surface area contributed by atoms with Crippen LogP contribution in [0, 0.1) is 0 Å². The Morgan fingerprint density at radius 2 is 1.75 bits per heavy atom. The van der Waals surface area contributed by atoms with Gasteiger partial charge in [0.25, 0.3) is 0 Å². The number of hydrogen-bond donors (Lipinski definition) is 0. The maximum absolute atomic E-state index is 5.31. The van der Waals surface area contributed by atoms with Crippen LogP contribution in [-0.4, -0.2) is 63.1 Å². The minimum absolute atomic E-state index is 0.749. The van der Waals surface area contributed by atoms with Crippen LogP contribution in [0.15, 0.2) is 54.4 Å². The summed E-state index contributed by atoms with van der Waals surface area (Å²) in [5.41, 5.74) is 3.04. The number of hydrogen-bond acceptors (Lipinski definition) is 9. The fourth-order valence-electron chi connectivity index (χ4n) is 4.12. The Balaban J connectivity index is 1.29. The lowest BCUT2D eigenvalue weighted by Crippen LogP contribution is -2.47. The first-order chi connectivity index (χ1) is 15.8. The van der Waals surface area contributed by atoms with Gasteiger partial charge in [-0.3, -0.25) is 0 Å². The summed E-state index contributed by atoms with van der Waals surface area (Å²) in [6.45, 7) is 3.42. The van der Waals surface area contributed by atoms with Gasteiger partial charge in [0.05, 0.1) is 12.5 Å². The zero-order valence-corrected chi connectivity index (χ0v) is 18.2. The SMILES string of the molecule is COc1ccc(-c2csc3ncnc(N4CCN(c5ccc6nncn6n5)CC4)c23)cc1. The summed E-state index contributed by atoms with van der Waals surface area (Å²) in [7, 11) is 1.68. The summed E-state index contributed by atoms with van der Waals surface area (Å²) in [5, 5.41) is 15.8. The fourth-order valence-corrected chi connectivity index (χ4v) is 5.03. The molecule has 9 nitrogen and oxygen atoms in total. The molecule has 1 aliphatic heterocycles. The summed E-state index contributed by atoms with van der Waals surface area (Å²) < 4.78 is 7.02. The van der Waals surface area contributed by atoms with Gasteiger partial charge >= 0.3 is 0 Å². The average molecular weight is 445 g/mol. The maximum atomic E-state index is 5.31. The van der Waals surface area contributed by atoms with Crippen molar-refractivity contribution >= 4 is 38.8 Å². The predicted octanol–water partition coefficient (Wildman–Crippen LogP) is 3.13. The van der Waals surface area contributed by atoms with Crippen molar-refractivity contribution in [3.8, 4) is 16.9 Å². The number of anilines is 2. The van der Waals surface area contributed by atoms with Gasteiger partial charge < -0.3 is 14.5 Å². The zero-order chi connectivity index (χ0) is 21.5. The van der Waals surface area contributed by atoms with E-state index in [4.69, 9.17) is 9.72 Å². The smallest absolute Gasteiger partial charge is 0.177 e. The normalized spacial score (nSPS) is 14.4. The first-order valence-electron chi connectivity index (χ1n) is 10.3. The minimum Gasteiger partial charge on any atom is -0.497 e. The van der Waals surface area contributed by atoms with E-state index >= 15 is 0 Å². The molecule has 6 rings (SSSR count). The molecule has 5 aromatic rings. The number of nitrogens with zero attached hydrogens (tertiary/aromatic N) is 8. The predicted molar refractivity (Wildman–Crippen MR) is 125 cm³/mol. The van der Waals surface area contributed by atoms with Gasteiger partial charge in [0, 0.05) is 37.1 Å². The van der Waals surface area contributed by atoms with Crippen LogP contribution in [-0.2, 0) is 0 Å². The maximum Gasteiger partial charge on any atom is 0.177 e. The van der Waals surface area contributed by atoms with Crippen LogP contribution in [0.1, 0.15) is 0 Å². The van der Waals surface area contributed by atoms with Gasteiger partial charge in [0.15, 0.2) is 5.65 Å². The molecule has 0 amide bonds. The number of fused-ring (bicyclic) bond motifs is 2. The third-order valence-electron chi connectivity index (χ3n) is 5.80. The fraction of sp³-hybridized carbons (Fsp3) is 0.227. The second-order valence-corrected chi connectivity index (χ2v) is 8.41. The topological polar surface area (TPSA) is 84.6 Å². The van der Waals surface area contributed by atoms with Crippen LogP contribution >= 0.6 is 11.3 Å². The molecule has 0 atom stereocenters. The largest absolute Gasteiger partial charge is 0.497 e. The highest BCUT2D eigenvalue weighted by Crippen LogP contribution is 2.38. The molecule has 160 valence electrons. The van der Waals surface area contributed by atoms with Crippen molar-refractivity contribution in [3.63, 3.8) is 0 Å². The summed E-state index contributed by atoms with van der Waals surface area (Å²) in [6, 6.07) is 12.1. The molecule has 1 aromatic carbocycles. The first kappa shape index (κ1) is 18.9. The highest BCUT2D eigenvalue weighted by atomic mass is 32.1. The zero-order valence-electron chi connectivity index (χ0n) is 17.4. The Bertz CT molecular complexity index is 1390. The average Bonchev–Trinajstić information content (AvgIpc) is 3.51. The minimum atomic E-state index is 0.749. The van der Waals surface area contributed by atoms with E-state index in [-0.39, 0.29) is 0 Å². The van der Waals surface area contributed by atoms with Crippen molar-refractivity contribution in [2.75, 3.05) is 43.1 Å². The Labute approximate surface area is 187 Å². The second kappa shape index (κ2) is 7.72. The molecule has 0 unspecified atom stereocenters. The summed E-state index contributed by atoms with van der Waals surface area (Å²) >= 11 is 1.65. The molecule has 1 saturated heterocycles. The molecule has 1 aliphatic rings. The summed E-state index contributed by atoms with van der Waals surface area (Å²) in [4.78, 5) is 14.9. The highest BCUT2D eigenvalue weighted by molar-refractivity contribution is 7.17. The van der Waals surface area contributed by atoms with Crippen LogP contribution in [0.2, 0.25) is 0 Å². The monoisotopic (exact) mass is 444 g/mol. The van der Waals surface area contributed by atoms with Gasteiger partial charge in [0.2, 0.25) is 0 Å². The number of methoxy groups -OCH3 is 1. The van der Waals surface area contributed by atoms with Crippen molar-refractivity contribution in [3.05, 3.63) is 54.4 Å². The van der Waals surface area contributed by atoms with Crippen LogP contribution < -0.4 is 14.5 Å². The van der Waals surface area contributed by atoms with Crippen LogP contribution in [0.3, 0.4) is 0 Å². The highest BCUT2D eigenvalue weighted by Gasteiger charge is 2.23. The van der Waals surface area contributed by atoms with Crippen molar-refractivity contribution in [1.82, 2.24) is 29.8 Å². The van der Waals surface area contributed by atoms with Crippen LogP contribution in [0.4, 0.5) is 11.6 Å². The van der Waals surface area contributed by atoms with Crippen molar-refractivity contribution < 1.29 is 4.74 Å². The first-order valence-corrected chi connectivity index (χ1v) is 11.2. The van der Waals surface area contributed by atoms with Crippen LogP contribution in [0.5, 0.6) is 5.75 Å². The lowest BCUT2D eigenvalue weighted by atomic mass is 10.1. The Morgan fingerprint density at radius 3 is 2.56 bits per heavy atom. The van der Waals surface area contributed by atoms with E-state index in [2.05, 4.69) is 47.6 Å². The van der Waals surface area contributed by atoms with Crippen molar-refractivity contribution in [2.24, 2.45) is 0 Å². The number of piperazine rings is 1. The van der Waals surface area contributed by atoms with Crippen molar-refractivity contribution in [2.45, 2.75) is 0 Å². The lowest BCUT2D eigenvalue weighted by Gasteiger charge is -2.36. The van der Waals surface area contributed by atoms with E-state index in [0.29, 0.717) is 0 Å². The number of thiophene rings is 1. The molecule has 4 aromatic heterocycles. The number of benzene rings is 1. The van der Waals surface area contributed by atoms with Crippen LogP contribution in [0.25, 0.3) is 27.0 Å². The number of rotatable bonds is 4. The molecule has 0 spiro atoms. The van der Waals surface area contributed by atoms with Crippen molar-refractivity contribution in [1.29, 1.82) is 0 Å². The van der Waals surface area contributed by atoms with Gasteiger partial charge in [-0.1, -0.05) is 12.1 Å². The molecule has 0 bridgehead atoms. The quantitative estimate of drug-likeness (QED) is 0.418. The molecule has 1 fully saturated rings. The van der Waals surface area contributed by atoms with E-state index < -0.39 is 0 Å². The van der Waals surface area contributed by atoms with E-state index in [9.17, 15) is 0 Å². The third kappa shape index (κ3) is 3.19. The summed E-state index contributed by atoms with van der Waals surface area (Å²) in [5.74, 6) is 2.77. The molecule has 0 N–H and O–H groups in total. The number of aromatic nitrogens is 6. The molecule has 0 aliphatic carbocycles. The third-order valence-corrected chi connectivity index (χ3v) is 6.69. The number of ether oxygens (including phenoxy) is 1. The van der Waals surface area contributed by atoms with E-state index in [0.717, 1.165) is 70.6 Å². The molecule has 0 radical (unpaired) electrons. The van der Waals surface area contributed by atoms with Gasteiger partial charge in [-0.2, -0.15) is 4.52 Å². The summed E-state index contributed by atoms with van der Waals surface area (Å²) in [6.07, 6.45) is 3.30. The molecule has 5 heterocycles. The molecule has 0 saturated carbocycles. The Hall–Kier alpha value is -3.79. The van der Waals surface area contributed by atoms with Gasteiger partial charge in [-0.15, -0.1) is 26.6 Å². The molecular weight excluding hydrogens is 424 g/mol. The Kier molecular flexibility index (Phi) is 4.57. The molecule has 32 heavy (non-hydrogen) atoms. The molecular formula is C22H20N8OS. The second-order valence-electron chi connectivity index (χ2n) is 7.55. The molecule has 10 heteroatoms. The van der Waals surface area contributed by atoms with E-state index in [1.807, 2.05) is 24.3 Å².